The zero-order valence-corrected chi connectivity index (χ0v) is 10.2. The Kier molecular flexibility index (Phi) is 5.37. The molecule has 0 bridgehead atoms. The summed E-state index contributed by atoms with van der Waals surface area (Å²) in [5.41, 5.74) is 10.9. The summed E-state index contributed by atoms with van der Waals surface area (Å²) in [6.07, 6.45) is 3.98. The highest BCUT2D eigenvalue weighted by molar-refractivity contribution is 5.87. The SMILES string of the molecule is COCC(N)C(=O)N(CC(N)=O)C1CCCC1. The predicted molar refractivity (Wildman–Crippen MR) is 63.0 cm³/mol. The van der Waals surface area contributed by atoms with Gasteiger partial charge in [0.05, 0.1) is 13.2 Å². The van der Waals surface area contributed by atoms with E-state index < -0.39 is 11.9 Å². The van der Waals surface area contributed by atoms with Crippen LogP contribution in [0.25, 0.3) is 0 Å². The second-order valence-corrected chi connectivity index (χ2v) is 4.43. The van der Waals surface area contributed by atoms with Gasteiger partial charge in [-0.05, 0) is 12.8 Å². The summed E-state index contributed by atoms with van der Waals surface area (Å²) in [5.74, 6) is -0.757. The largest absolute Gasteiger partial charge is 0.383 e. The Hall–Kier alpha value is -1.14. The van der Waals surface area contributed by atoms with Crippen molar-refractivity contribution >= 4 is 11.8 Å². The number of nitrogens with zero attached hydrogens (tertiary/aromatic N) is 1. The van der Waals surface area contributed by atoms with E-state index >= 15 is 0 Å². The van der Waals surface area contributed by atoms with Gasteiger partial charge in [0, 0.05) is 13.2 Å². The third kappa shape index (κ3) is 3.98. The Morgan fingerprint density at radius 3 is 2.47 bits per heavy atom. The van der Waals surface area contributed by atoms with E-state index in [0.29, 0.717) is 0 Å². The van der Waals surface area contributed by atoms with Gasteiger partial charge in [-0.15, -0.1) is 0 Å². The topological polar surface area (TPSA) is 98.7 Å². The molecule has 0 radical (unpaired) electrons. The lowest BCUT2D eigenvalue weighted by Crippen LogP contribution is -2.52. The van der Waals surface area contributed by atoms with Gasteiger partial charge in [-0.1, -0.05) is 12.8 Å². The molecule has 0 aromatic carbocycles. The van der Waals surface area contributed by atoms with Gasteiger partial charge in [-0.2, -0.15) is 0 Å². The van der Waals surface area contributed by atoms with Gasteiger partial charge in [0.15, 0.2) is 0 Å². The highest BCUT2D eigenvalue weighted by atomic mass is 16.5. The van der Waals surface area contributed by atoms with Crippen molar-refractivity contribution in [3.8, 4) is 0 Å². The maximum Gasteiger partial charge on any atom is 0.242 e. The molecule has 1 fully saturated rings. The number of primary amides is 1. The quantitative estimate of drug-likeness (QED) is 0.639. The summed E-state index contributed by atoms with van der Waals surface area (Å²) in [6.45, 7) is 0.0989. The van der Waals surface area contributed by atoms with Gasteiger partial charge < -0.3 is 21.1 Å². The van der Waals surface area contributed by atoms with E-state index in [1.54, 1.807) is 0 Å². The molecule has 0 aromatic rings. The molecule has 6 heteroatoms. The Balaban J connectivity index is 2.67. The minimum atomic E-state index is -0.722. The summed E-state index contributed by atoms with van der Waals surface area (Å²) in [4.78, 5) is 24.6. The summed E-state index contributed by atoms with van der Waals surface area (Å²) in [7, 11) is 1.49. The van der Waals surface area contributed by atoms with Crippen LogP contribution in [0.4, 0.5) is 0 Å². The van der Waals surface area contributed by atoms with Crippen molar-refractivity contribution in [3.63, 3.8) is 0 Å². The molecule has 4 N–H and O–H groups in total. The van der Waals surface area contributed by atoms with Gasteiger partial charge in [0.1, 0.15) is 6.04 Å². The van der Waals surface area contributed by atoms with Crippen LogP contribution in [0.15, 0.2) is 0 Å². The minimum absolute atomic E-state index is 0.0546. The zero-order valence-electron chi connectivity index (χ0n) is 10.2. The summed E-state index contributed by atoms with van der Waals surface area (Å²) >= 11 is 0. The first-order valence-corrected chi connectivity index (χ1v) is 5.89. The van der Waals surface area contributed by atoms with E-state index in [-0.39, 0.29) is 25.1 Å². The molecule has 1 saturated carbocycles. The van der Waals surface area contributed by atoms with Crippen molar-refractivity contribution in [1.82, 2.24) is 4.90 Å². The molecule has 0 aromatic heterocycles. The van der Waals surface area contributed by atoms with Crippen molar-refractivity contribution < 1.29 is 14.3 Å². The fourth-order valence-electron chi connectivity index (χ4n) is 2.23. The molecule has 17 heavy (non-hydrogen) atoms. The van der Waals surface area contributed by atoms with Crippen molar-refractivity contribution in [2.24, 2.45) is 11.5 Å². The number of ether oxygens (including phenoxy) is 1. The first kappa shape index (κ1) is 13.9. The van der Waals surface area contributed by atoms with E-state index in [9.17, 15) is 9.59 Å². The van der Waals surface area contributed by atoms with Crippen molar-refractivity contribution in [3.05, 3.63) is 0 Å². The van der Waals surface area contributed by atoms with Crippen LogP contribution in [0, 0.1) is 0 Å². The molecule has 0 aliphatic heterocycles. The van der Waals surface area contributed by atoms with Gasteiger partial charge >= 0.3 is 0 Å². The highest BCUT2D eigenvalue weighted by Gasteiger charge is 2.30. The third-order valence-electron chi connectivity index (χ3n) is 3.04. The minimum Gasteiger partial charge on any atom is -0.383 e. The molecule has 0 heterocycles. The Morgan fingerprint density at radius 2 is 2.00 bits per heavy atom. The van der Waals surface area contributed by atoms with Crippen LogP contribution in [0.2, 0.25) is 0 Å². The summed E-state index contributed by atoms with van der Waals surface area (Å²) < 4.78 is 4.85. The van der Waals surface area contributed by atoms with Gasteiger partial charge in [0.2, 0.25) is 11.8 Å². The fraction of sp³-hybridized carbons (Fsp3) is 0.818. The molecular formula is C11H21N3O3. The molecule has 98 valence electrons. The van der Waals surface area contributed by atoms with Crippen LogP contribution in [-0.2, 0) is 14.3 Å². The average Bonchev–Trinajstić information content (AvgIpc) is 2.78. The number of rotatable bonds is 6. The van der Waals surface area contributed by atoms with Crippen molar-refractivity contribution in [2.45, 2.75) is 37.8 Å². The number of hydrogen-bond donors (Lipinski definition) is 2. The molecular weight excluding hydrogens is 222 g/mol. The van der Waals surface area contributed by atoms with Gasteiger partial charge in [0.25, 0.3) is 0 Å². The van der Waals surface area contributed by atoms with Crippen LogP contribution in [0.5, 0.6) is 0 Å². The number of amides is 2. The number of carbonyl (C=O) groups excluding carboxylic acids is 2. The zero-order chi connectivity index (χ0) is 12.8. The van der Waals surface area contributed by atoms with E-state index in [1.165, 1.54) is 12.0 Å². The molecule has 0 spiro atoms. The molecule has 1 unspecified atom stereocenters. The third-order valence-corrected chi connectivity index (χ3v) is 3.04. The van der Waals surface area contributed by atoms with Crippen LogP contribution < -0.4 is 11.5 Å². The molecule has 1 aliphatic rings. The fourth-order valence-corrected chi connectivity index (χ4v) is 2.23. The number of carbonyl (C=O) groups is 2. The van der Waals surface area contributed by atoms with E-state index in [1.807, 2.05) is 0 Å². The van der Waals surface area contributed by atoms with Crippen molar-refractivity contribution in [2.75, 3.05) is 20.3 Å². The van der Waals surface area contributed by atoms with Crippen LogP contribution in [0.3, 0.4) is 0 Å². The summed E-state index contributed by atoms with van der Waals surface area (Å²) in [6, 6.07) is -0.627. The first-order chi connectivity index (χ1) is 8.06. The highest BCUT2D eigenvalue weighted by Crippen LogP contribution is 2.23. The molecule has 2 amide bonds. The Labute approximate surface area is 101 Å². The molecule has 1 aliphatic carbocycles. The molecule has 0 saturated heterocycles. The number of hydrogen-bond acceptors (Lipinski definition) is 4. The van der Waals surface area contributed by atoms with E-state index in [2.05, 4.69) is 0 Å². The van der Waals surface area contributed by atoms with Gasteiger partial charge in [-0.25, -0.2) is 0 Å². The lowest BCUT2D eigenvalue weighted by Gasteiger charge is -2.29. The van der Waals surface area contributed by atoms with Crippen LogP contribution >= 0.6 is 0 Å². The monoisotopic (exact) mass is 243 g/mol. The second kappa shape index (κ2) is 6.56. The smallest absolute Gasteiger partial charge is 0.242 e. The predicted octanol–water partition coefficient (Wildman–Crippen LogP) is -0.783. The Morgan fingerprint density at radius 1 is 1.41 bits per heavy atom. The summed E-state index contributed by atoms with van der Waals surface area (Å²) in [5, 5.41) is 0. The lowest BCUT2D eigenvalue weighted by atomic mass is 10.1. The second-order valence-electron chi connectivity index (χ2n) is 4.43. The maximum atomic E-state index is 12.1. The standard InChI is InChI=1S/C11H21N3O3/c1-17-7-9(12)11(16)14(6-10(13)15)8-4-2-3-5-8/h8-9H,2-7,12H2,1H3,(H2,13,15). The molecule has 1 rings (SSSR count). The van der Waals surface area contributed by atoms with Gasteiger partial charge in [-0.3, -0.25) is 9.59 Å². The number of methoxy groups -OCH3 is 1. The van der Waals surface area contributed by atoms with E-state index in [4.69, 9.17) is 16.2 Å². The molecule has 1 atom stereocenters. The average molecular weight is 243 g/mol. The van der Waals surface area contributed by atoms with Crippen LogP contribution in [0.1, 0.15) is 25.7 Å². The first-order valence-electron chi connectivity index (χ1n) is 5.89. The lowest BCUT2D eigenvalue weighted by molar-refractivity contribution is -0.139. The normalized spacial score (nSPS) is 18.0. The Bertz CT molecular complexity index is 277. The van der Waals surface area contributed by atoms with Crippen molar-refractivity contribution in [1.29, 1.82) is 0 Å². The maximum absolute atomic E-state index is 12.1. The number of nitrogens with two attached hydrogens (primary N) is 2. The molecule has 6 nitrogen and oxygen atoms in total. The van der Waals surface area contributed by atoms with E-state index in [0.717, 1.165) is 25.7 Å². The van der Waals surface area contributed by atoms with Crippen LogP contribution in [-0.4, -0.2) is 49.1 Å².